The summed E-state index contributed by atoms with van der Waals surface area (Å²) >= 11 is 5.68. The van der Waals surface area contributed by atoms with Gasteiger partial charge < -0.3 is 5.32 Å². The number of rotatable bonds is 6. The van der Waals surface area contributed by atoms with Crippen LogP contribution in [-0.4, -0.2) is 20.9 Å². The van der Waals surface area contributed by atoms with Gasteiger partial charge >= 0.3 is 0 Å². The van der Waals surface area contributed by atoms with E-state index >= 15 is 0 Å². The summed E-state index contributed by atoms with van der Waals surface area (Å²) in [5, 5.41) is 7.04. The Balaban J connectivity index is 2.99. The molecule has 1 amide bonds. The molecule has 0 saturated heterocycles. The number of primary sulfonamides is 1. The van der Waals surface area contributed by atoms with Gasteiger partial charge in [0.25, 0.3) is 5.91 Å². The van der Waals surface area contributed by atoms with Gasteiger partial charge in [0.05, 0.1) is 15.5 Å². The lowest BCUT2D eigenvalue weighted by Crippen LogP contribution is -2.25. The van der Waals surface area contributed by atoms with Crippen molar-refractivity contribution in [3.8, 4) is 0 Å². The molecule has 1 aromatic carbocycles. The summed E-state index contributed by atoms with van der Waals surface area (Å²) in [6.07, 6.45) is 2.71. The Morgan fingerprint density at radius 2 is 2.05 bits per heavy atom. The smallest absolute Gasteiger partial charge is 0.252 e. The number of halogens is 2. The van der Waals surface area contributed by atoms with Crippen molar-refractivity contribution >= 4 is 27.5 Å². The topological polar surface area (TPSA) is 89.3 Å². The van der Waals surface area contributed by atoms with Gasteiger partial charge in [-0.1, -0.05) is 31.4 Å². The summed E-state index contributed by atoms with van der Waals surface area (Å²) in [5.41, 5.74) is -0.243. The SMILES string of the molecule is CCCCCNC(=O)c1cc(S(N)(=O)=O)cc(F)c1Cl. The minimum Gasteiger partial charge on any atom is -0.352 e. The van der Waals surface area contributed by atoms with E-state index in [1.54, 1.807) is 0 Å². The first-order valence-corrected chi connectivity index (χ1v) is 7.99. The lowest BCUT2D eigenvalue weighted by Gasteiger charge is -2.09. The molecule has 0 unspecified atom stereocenters. The van der Waals surface area contributed by atoms with Crippen molar-refractivity contribution in [3.63, 3.8) is 0 Å². The average Bonchev–Trinajstić information content (AvgIpc) is 2.36. The van der Waals surface area contributed by atoms with E-state index in [2.05, 4.69) is 5.32 Å². The Hall–Kier alpha value is -1.18. The lowest BCUT2D eigenvalue weighted by atomic mass is 10.2. The maximum atomic E-state index is 13.5. The van der Waals surface area contributed by atoms with Crippen LogP contribution in [0.5, 0.6) is 0 Å². The largest absolute Gasteiger partial charge is 0.352 e. The molecule has 1 aromatic rings. The fraction of sp³-hybridized carbons (Fsp3) is 0.417. The third kappa shape index (κ3) is 4.43. The van der Waals surface area contributed by atoms with Crippen molar-refractivity contribution in [2.45, 2.75) is 31.1 Å². The van der Waals surface area contributed by atoms with E-state index in [-0.39, 0.29) is 5.56 Å². The zero-order valence-electron chi connectivity index (χ0n) is 10.9. The van der Waals surface area contributed by atoms with E-state index < -0.39 is 31.7 Å². The van der Waals surface area contributed by atoms with E-state index in [0.29, 0.717) is 12.6 Å². The van der Waals surface area contributed by atoms with Crippen LogP contribution in [0.2, 0.25) is 5.02 Å². The van der Waals surface area contributed by atoms with Crippen LogP contribution in [0.15, 0.2) is 17.0 Å². The second-order valence-corrected chi connectivity index (χ2v) is 6.21. The minimum atomic E-state index is -4.11. The van der Waals surface area contributed by atoms with Crippen molar-refractivity contribution in [1.82, 2.24) is 5.32 Å². The quantitative estimate of drug-likeness (QED) is 0.785. The number of benzene rings is 1. The number of hydrogen-bond acceptors (Lipinski definition) is 3. The molecule has 0 aliphatic heterocycles. The molecule has 0 atom stereocenters. The summed E-state index contributed by atoms with van der Waals surface area (Å²) in [4.78, 5) is 11.4. The number of amides is 1. The molecular formula is C12H16ClFN2O3S. The van der Waals surface area contributed by atoms with Crippen LogP contribution < -0.4 is 10.5 Å². The Morgan fingerprint density at radius 1 is 1.40 bits per heavy atom. The predicted octanol–water partition coefficient (Wildman–Crippen LogP) is 2.05. The van der Waals surface area contributed by atoms with Gasteiger partial charge in [-0.2, -0.15) is 0 Å². The van der Waals surface area contributed by atoms with Crippen LogP contribution in [0.1, 0.15) is 36.5 Å². The monoisotopic (exact) mass is 322 g/mol. The number of nitrogens with two attached hydrogens (primary N) is 1. The molecule has 5 nitrogen and oxygen atoms in total. The highest BCUT2D eigenvalue weighted by molar-refractivity contribution is 7.89. The van der Waals surface area contributed by atoms with E-state index in [9.17, 15) is 17.6 Å². The first-order valence-electron chi connectivity index (χ1n) is 6.07. The summed E-state index contributed by atoms with van der Waals surface area (Å²) in [5.74, 6) is -1.63. The van der Waals surface area contributed by atoms with Gasteiger partial charge in [-0.15, -0.1) is 0 Å². The van der Waals surface area contributed by atoms with Crippen LogP contribution in [0, 0.1) is 5.82 Å². The molecule has 0 spiro atoms. The summed E-state index contributed by atoms with van der Waals surface area (Å²) in [6.45, 7) is 2.42. The van der Waals surface area contributed by atoms with Crippen LogP contribution in [0.25, 0.3) is 0 Å². The predicted molar refractivity (Wildman–Crippen MR) is 74.6 cm³/mol. The molecule has 3 N–H and O–H groups in total. The molecule has 0 aliphatic carbocycles. The zero-order chi connectivity index (χ0) is 15.3. The number of unbranched alkanes of at least 4 members (excludes halogenated alkanes) is 2. The highest BCUT2D eigenvalue weighted by Gasteiger charge is 2.19. The molecule has 0 bridgehead atoms. The number of carbonyl (C=O) groups excluding carboxylic acids is 1. The number of carbonyl (C=O) groups is 1. The van der Waals surface area contributed by atoms with Gasteiger partial charge in [0.2, 0.25) is 10.0 Å². The third-order valence-electron chi connectivity index (χ3n) is 2.64. The molecule has 0 aromatic heterocycles. The van der Waals surface area contributed by atoms with Crippen molar-refractivity contribution < 1.29 is 17.6 Å². The molecule has 1 rings (SSSR count). The van der Waals surface area contributed by atoms with Gasteiger partial charge in [-0.3, -0.25) is 4.79 Å². The molecule has 8 heteroatoms. The maximum Gasteiger partial charge on any atom is 0.252 e. The van der Waals surface area contributed by atoms with Crippen LogP contribution in [-0.2, 0) is 10.0 Å². The molecule has 0 heterocycles. The number of hydrogen-bond donors (Lipinski definition) is 2. The highest BCUT2D eigenvalue weighted by Crippen LogP contribution is 2.23. The Morgan fingerprint density at radius 3 is 2.60 bits per heavy atom. The second-order valence-electron chi connectivity index (χ2n) is 4.27. The zero-order valence-corrected chi connectivity index (χ0v) is 12.5. The van der Waals surface area contributed by atoms with E-state index in [1.165, 1.54) is 0 Å². The molecule has 0 aliphatic rings. The van der Waals surface area contributed by atoms with Crippen molar-refractivity contribution in [2.24, 2.45) is 5.14 Å². The Bertz CT molecular complexity index is 605. The summed E-state index contributed by atoms with van der Waals surface area (Å²) < 4.78 is 36.0. The van der Waals surface area contributed by atoms with E-state index in [1.807, 2.05) is 6.92 Å². The Kier molecular flexibility index (Phi) is 5.91. The van der Waals surface area contributed by atoms with Crippen molar-refractivity contribution in [3.05, 3.63) is 28.5 Å². The van der Waals surface area contributed by atoms with Crippen LogP contribution in [0.3, 0.4) is 0 Å². The average molecular weight is 323 g/mol. The number of nitrogens with one attached hydrogen (secondary N) is 1. The molecule has 112 valence electrons. The fourth-order valence-electron chi connectivity index (χ4n) is 1.57. The van der Waals surface area contributed by atoms with Crippen molar-refractivity contribution in [2.75, 3.05) is 6.54 Å². The first-order chi connectivity index (χ1) is 9.27. The van der Waals surface area contributed by atoms with Crippen LogP contribution >= 0.6 is 11.6 Å². The highest BCUT2D eigenvalue weighted by atomic mass is 35.5. The lowest BCUT2D eigenvalue weighted by molar-refractivity contribution is 0.0952. The van der Waals surface area contributed by atoms with Gasteiger partial charge in [-0.05, 0) is 18.6 Å². The second kappa shape index (κ2) is 7.01. The molecule has 0 fully saturated rings. The molecule has 0 radical (unpaired) electrons. The van der Waals surface area contributed by atoms with Crippen molar-refractivity contribution in [1.29, 1.82) is 0 Å². The van der Waals surface area contributed by atoms with Gasteiger partial charge in [0.15, 0.2) is 0 Å². The fourth-order valence-corrected chi connectivity index (χ4v) is 2.31. The normalized spacial score (nSPS) is 11.4. The standard InChI is InChI=1S/C12H16ClFN2O3S/c1-2-3-4-5-16-12(17)9-6-8(20(15,18)19)7-10(14)11(9)13/h6-7H,2-5H2,1H3,(H,16,17)(H2,15,18,19). The third-order valence-corrected chi connectivity index (χ3v) is 3.92. The Labute approximate surface area is 122 Å². The molecule has 0 saturated carbocycles. The van der Waals surface area contributed by atoms with Gasteiger partial charge in [0.1, 0.15) is 5.82 Å². The van der Waals surface area contributed by atoms with E-state index in [4.69, 9.17) is 16.7 Å². The van der Waals surface area contributed by atoms with Gasteiger partial charge in [-0.25, -0.2) is 17.9 Å². The summed E-state index contributed by atoms with van der Waals surface area (Å²) in [6, 6.07) is 1.65. The van der Waals surface area contributed by atoms with E-state index in [0.717, 1.165) is 25.3 Å². The minimum absolute atomic E-state index is 0.243. The van der Waals surface area contributed by atoms with Gasteiger partial charge in [0, 0.05) is 6.54 Å². The number of sulfonamides is 1. The summed E-state index contributed by atoms with van der Waals surface area (Å²) in [7, 11) is -4.11. The molecule has 20 heavy (non-hydrogen) atoms. The first kappa shape index (κ1) is 16.9. The maximum absolute atomic E-state index is 13.5. The molecular weight excluding hydrogens is 307 g/mol. The van der Waals surface area contributed by atoms with Crippen LogP contribution in [0.4, 0.5) is 4.39 Å².